The van der Waals surface area contributed by atoms with E-state index in [0.717, 1.165) is 11.6 Å². The van der Waals surface area contributed by atoms with E-state index in [9.17, 15) is 19.1 Å². The summed E-state index contributed by atoms with van der Waals surface area (Å²) in [5.41, 5.74) is 1.60. The normalized spacial score (nSPS) is 16.4. The van der Waals surface area contributed by atoms with Crippen LogP contribution in [0.15, 0.2) is 97.1 Å². The van der Waals surface area contributed by atoms with Gasteiger partial charge in [0.1, 0.15) is 18.1 Å². The van der Waals surface area contributed by atoms with E-state index in [1.807, 2.05) is 41.1 Å². The van der Waals surface area contributed by atoms with Gasteiger partial charge in [0.15, 0.2) is 11.6 Å². The second-order valence-corrected chi connectivity index (χ2v) is 9.34. The smallest absolute Gasteiger partial charge is 0.295 e. The third-order valence-corrected chi connectivity index (χ3v) is 6.78. The Morgan fingerprint density at radius 2 is 1.80 bits per heavy atom. The molecule has 1 N–H and O–H groups in total. The summed E-state index contributed by atoms with van der Waals surface area (Å²) in [5.74, 6) is -2.09. The molecule has 1 atom stereocenters. The highest BCUT2D eigenvalue weighted by Gasteiger charge is 2.45. The number of Topliss-reactive ketones (excluding diaryl/α,β-unsaturated/α-hetero) is 1. The Labute approximate surface area is 230 Å². The van der Waals surface area contributed by atoms with Gasteiger partial charge in [0, 0.05) is 31.0 Å². The van der Waals surface area contributed by atoms with Gasteiger partial charge >= 0.3 is 0 Å². The molecule has 1 aliphatic rings. The van der Waals surface area contributed by atoms with Gasteiger partial charge in [-0.15, -0.1) is 0 Å². The number of ether oxygens (including phenoxy) is 2. The van der Waals surface area contributed by atoms with Crippen molar-refractivity contribution in [3.63, 3.8) is 0 Å². The Hall–Kier alpha value is -4.92. The monoisotopic (exact) mass is 541 g/mol. The molecule has 9 heteroatoms. The maximum atomic E-state index is 14.5. The summed E-state index contributed by atoms with van der Waals surface area (Å²) in [5, 5.41) is 11.2. The van der Waals surface area contributed by atoms with E-state index >= 15 is 0 Å². The summed E-state index contributed by atoms with van der Waals surface area (Å²) in [6, 6.07) is 19.8. The number of aromatic nitrogens is 2. The zero-order valence-corrected chi connectivity index (χ0v) is 21.9. The second kappa shape index (κ2) is 11.9. The van der Waals surface area contributed by atoms with Crippen molar-refractivity contribution in [3.05, 3.63) is 120 Å². The Morgan fingerprint density at radius 3 is 2.48 bits per heavy atom. The van der Waals surface area contributed by atoms with Crippen molar-refractivity contribution in [3.8, 4) is 11.5 Å². The molecular weight excluding hydrogens is 513 g/mol. The number of aryl methyl sites for hydroxylation is 1. The van der Waals surface area contributed by atoms with Crippen LogP contribution in [0.2, 0.25) is 0 Å². The number of ketones is 1. The Bertz CT molecular complexity index is 1520. The zero-order valence-electron chi connectivity index (χ0n) is 21.9. The molecule has 1 aromatic heterocycles. The second-order valence-electron chi connectivity index (χ2n) is 9.34. The number of imidazole rings is 1. The molecular formula is C31H28FN3O5. The minimum absolute atomic E-state index is 0.000792. The molecule has 1 saturated heterocycles. The maximum Gasteiger partial charge on any atom is 0.295 e. The minimum Gasteiger partial charge on any atom is -0.507 e. The van der Waals surface area contributed by atoms with Gasteiger partial charge in [0.2, 0.25) is 0 Å². The third-order valence-electron chi connectivity index (χ3n) is 6.78. The summed E-state index contributed by atoms with van der Waals surface area (Å²) in [6.07, 6.45) is 5.72. The van der Waals surface area contributed by atoms with E-state index in [0.29, 0.717) is 30.9 Å². The van der Waals surface area contributed by atoms with E-state index in [1.54, 1.807) is 36.8 Å². The van der Waals surface area contributed by atoms with Crippen molar-refractivity contribution in [2.45, 2.75) is 25.6 Å². The molecule has 1 fully saturated rings. The molecule has 4 aromatic rings. The number of halogens is 1. The highest BCUT2D eigenvalue weighted by Crippen LogP contribution is 2.40. The van der Waals surface area contributed by atoms with Gasteiger partial charge in [-0.1, -0.05) is 42.5 Å². The highest BCUT2D eigenvalue weighted by molar-refractivity contribution is 6.46. The quantitative estimate of drug-likeness (QED) is 0.170. The van der Waals surface area contributed by atoms with E-state index in [-0.39, 0.29) is 23.4 Å². The minimum atomic E-state index is -0.865. The van der Waals surface area contributed by atoms with Crippen molar-refractivity contribution in [1.29, 1.82) is 0 Å². The third kappa shape index (κ3) is 5.58. The van der Waals surface area contributed by atoms with Gasteiger partial charge in [-0.25, -0.2) is 9.37 Å². The van der Waals surface area contributed by atoms with Crippen LogP contribution in [0.25, 0.3) is 5.76 Å². The fraction of sp³-hybridized carbons (Fsp3) is 0.194. The largest absolute Gasteiger partial charge is 0.507 e. The Balaban J connectivity index is 1.46. The van der Waals surface area contributed by atoms with E-state index in [1.165, 1.54) is 24.1 Å². The number of carbonyl (C=O) groups is 2. The van der Waals surface area contributed by atoms with Crippen LogP contribution in [-0.4, -0.2) is 44.9 Å². The maximum absolute atomic E-state index is 14.5. The van der Waals surface area contributed by atoms with E-state index in [2.05, 4.69) is 4.98 Å². The lowest BCUT2D eigenvalue weighted by Crippen LogP contribution is -2.31. The topological polar surface area (TPSA) is 93.9 Å². The predicted molar refractivity (Wildman–Crippen MR) is 146 cm³/mol. The number of nitrogens with zero attached hydrogens (tertiary/aromatic N) is 3. The molecule has 3 aromatic carbocycles. The lowest BCUT2D eigenvalue weighted by molar-refractivity contribution is -0.139. The van der Waals surface area contributed by atoms with Gasteiger partial charge < -0.3 is 24.0 Å². The number of hydrogen-bond donors (Lipinski definition) is 1. The number of aliphatic hydroxyl groups excluding tert-OH is 1. The number of aliphatic hydroxyl groups is 1. The van der Waals surface area contributed by atoms with Crippen LogP contribution >= 0.6 is 0 Å². The van der Waals surface area contributed by atoms with Crippen LogP contribution in [0.3, 0.4) is 0 Å². The van der Waals surface area contributed by atoms with Gasteiger partial charge in [-0.3, -0.25) is 9.59 Å². The van der Waals surface area contributed by atoms with Crippen LogP contribution in [0, 0.1) is 5.82 Å². The van der Waals surface area contributed by atoms with Crippen molar-refractivity contribution in [2.24, 2.45) is 0 Å². The van der Waals surface area contributed by atoms with Crippen molar-refractivity contribution >= 4 is 17.4 Å². The van der Waals surface area contributed by atoms with Crippen LogP contribution in [-0.2, 0) is 22.7 Å². The molecule has 0 radical (unpaired) electrons. The molecule has 1 amide bonds. The molecule has 2 heterocycles. The van der Waals surface area contributed by atoms with Crippen molar-refractivity contribution < 1.29 is 28.6 Å². The van der Waals surface area contributed by atoms with Crippen molar-refractivity contribution in [2.75, 3.05) is 13.7 Å². The van der Waals surface area contributed by atoms with E-state index < -0.39 is 29.3 Å². The number of methoxy groups -OCH3 is 1. The molecule has 1 aliphatic heterocycles. The molecule has 0 aliphatic carbocycles. The first-order valence-electron chi connectivity index (χ1n) is 12.8. The predicted octanol–water partition coefficient (Wildman–Crippen LogP) is 5.12. The summed E-state index contributed by atoms with van der Waals surface area (Å²) < 4.78 is 27.2. The first-order chi connectivity index (χ1) is 19.5. The van der Waals surface area contributed by atoms with Gasteiger partial charge in [0.25, 0.3) is 11.7 Å². The van der Waals surface area contributed by atoms with Crippen LogP contribution in [0.4, 0.5) is 4.39 Å². The van der Waals surface area contributed by atoms with Crippen LogP contribution < -0.4 is 9.47 Å². The molecule has 204 valence electrons. The summed E-state index contributed by atoms with van der Waals surface area (Å²) in [6.45, 7) is 1.23. The average Bonchev–Trinajstić information content (AvgIpc) is 3.59. The molecule has 5 rings (SSSR count). The molecule has 8 nitrogen and oxygen atoms in total. The molecule has 0 bridgehead atoms. The van der Waals surface area contributed by atoms with Crippen LogP contribution in [0.1, 0.15) is 29.2 Å². The number of carbonyl (C=O) groups excluding carboxylic acids is 2. The first-order valence-corrected chi connectivity index (χ1v) is 12.8. The number of amides is 1. The summed E-state index contributed by atoms with van der Waals surface area (Å²) >= 11 is 0. The summed E-state index contributed by atoms with van der Waals surface area (Å²) in [7, 11) is 1.33. The SMILES string of the molecule is COc1ccc(C(O)=C2C(=O)C(=O)N(CCCn3ccnc3)[C@@H]2c2ccc(OCc3ccccc3)cc2)cc1F. The van der Waals surface area contributed by atoms with Gasteiger partial charge in [0.05, 0.1) is 25.1 Å². The zero-order chi connectivity index (χ0) is 28.1. The van der Waals surface area contributed by atoms with Crippen molar-refractivity contribution in [1.82, 2.24) is 14.5 Å². The number of benzene rings is 3. The Kier molecular flexibility index (Phi) is 7.91. The molecule has 0 saturated carbocycles. The fourth-order valence-corrected chi connectivity index (χ4v) is 4.76. The number of likely N-dealkylation sites (tertiary alicyclic amines) is 1. The van der Waals surface area contributed by atoms with Gasteiger partial charge in [-0.2, -0.15) is 0 Å². The first kappa shape index (κ1) is 26.7. The average molecular weight is 542 g/mol. The molecule has 40 heavy (non-hydrogen) atoms. The fourth-order valence-electron chi connectivity index (χ4n) is 4.76. The number of hydrogen-bond acceptors (Lipinski definition) is 6. The van der Waals surface area contributed by atoms with Gasteiger partial charge in [-0.05, 0) is 47.9 Å². The van der Waals surface area contributed by atoms with Crippen LogP contribution in [0.5, 0.6) is 11.5 Å². The highest BCUT2D eigenvalue weighted by atomic mass is 19.1. The lowest BCUT2D eigenvalue weighted by Gasteiger charge is -2.25. The standard InChI is InChI=1S/C31H28FN3O5/c1-39-26-13-10-23(18-25(26)32)29(36)27-28(35(31(38)30(27)37)16-5-15-34-17-14-33-20-34)22-8-11-24(12-9-22)40-19-21-6-3-2-4-7-21/h2-4,6-14,17-18,20,28,36H,5,15-16,19H2,1H3/t28-/m1/s1. The van der Waals surface area contributed by atoms with E-state index in [4.69, 9.17) is 9.47 Å². The lowest BCUT2D eigenvalue weighted by atomic mass is 9.95. The Morgan fingerprint density at radius 1 is 1.02 bits per heavy atom. The number of rotatable bonds is 10. The molecule has 0 unspecified atom stereocenters. The molecule has 0 spiro atoms. The summed E-state index contributed by atoms with van der Waals surface area (Å²) in [4.78, 5) is 32.0.